The lowest BCUT2D eigenvalue weighted by Crippen LogP contribution is -2.49. The van der Waals surface area contributed by atoms with Gasteiger partial charge in [0.1, 0.15) is 5.82 Å². The average molecular weight is 367 g/mol. The van der Waals surface area contributed by atoms with Gasteiger partial charge in [-0.1, -0.05) is 12.1 Å². The van der Waals surface area contributed by atoms with Gasteiger partial charge < -0.3 is 15.1 Å². The third kappa shape index (κ3) is 4.42. The number of ketones is 1. The molecule has 1 aliphatic heterocycles. The van der Waals surface area contributed by atoms with Crippen LogP contribution < -0.4 is 10.2 Å². The van der Waals surface area contributed by atoms with E-state index in [1.807, 2.05) is 24.8 Å². The zero-order chi connectivity index (χ0) is 19.4. The van der Waals surface area contributed by atoms with E-state index in [0.717, 1.165) is 18.1 Å². The molecule has 2 heterocycles. The number of nitrogens with one attached hydrogen (secondary N) is 1. The van der Waals surface area contributed by atoms with E-state index in [2.05, 4.69) is 20.2 Å². The minimum absolute atomic E-state index is 0.00213. The molecule has 1 amide bonds. The third-order valence-corrected chi connectivity index (χ3v) is 4.59. The number of hydrogen-bond acceptors (Lipinski definition) is 6. The molecule has 0 saturated carbocycles. The zero-order valence-corrected chi connectivity index (χ0v) is 16.0. The fraction of sp³-hybridized carbons (Fsp3) is 0.400. The molecule has 0 radical (unpaired) electrons. The summed E-state index contributed by atoms with van der Waals surface area (Å²) < 4.78 is 0. The molecule has 0 aliphatic carbocycles. The second-order valence-corrected chi connectivity index (χ2v) is 6.64. The van der Waals surface area contributed by atoms with Crippen molar-refractivity contribution in [2.24, 2.45) is 0 Å². The summed E-state index contributed by atoms with van der Waals surface area (Å²) in [5, 5.41) is 3.22. The highest BCUT2D eigenvalue weighted by atomic mass is 16.2. The Balaban J connectivity index is 1.64. The molecule has 7 heteroatoms. The Kier molecular flexibility index (Phi) is 5.69. The molecular weight excluding hydrogens is 342 g/mol. The molecule has 0 bridgehead atoms. The predicted molar refractivity (Wildman–Crippen MR) is 105 cm³/mol. The van der Waals surface area contributed by atoms with Gasteiger partial charge in [-0.3, -0.25) is 9.59 Å². The van der Waals surface area contributed by atoms with Gasteiger partial charge in [0.05, 0.1) is 0 Å². The minimum Gasteiger partial charge on any atom is -0.370 e. The molecule has 3 rings (SSSR count). The fourth-order valence-corrected chi connectivity index (χ4v) is 3.11. The number of benzene rings is 1. The molecule has 7 nitrogen and oxygen atoms in total. The van der Waals surface area contributed by atoms with Gasteiger partial charge in [0.25, 0.3) is 5.91 Å². The Labute approximate surface area is 159 Å². The number of aromatic nitrogens is 2. The second-order valence-electron chi connectivity index (χ2n) is 6.64. The smallest absolute Gasteiger partial charge is 0.253 e. The highest BCUT2D eigenvalue weighted by Crippen LogP contribution is 2.17. The lowest BCUT2D eigenvalue weighted by Gasteiger charge is -2.35. The number of anilines is 2. The number of hydrogen-bond donors (Lipinski definition) is 1. The van der Waals surface area contributed by atoms with Crippen molar-refractivity contribution in [2.45, 2.75) is 20.8 Å². The van der Waals surface area contributed by atoms with Crippen LogP contribution in [-0.4, -0.2) is 59.3 Å². The number of rotatable bonds is 5. The van der Waals surface area contributed by atoms with Crippen LogP contribution >= 0.6 is 0 Å². The first kappa shape index (κ1) is 18.8. The normalized spacial score (nSPS) is 14.2. The number of amides is 1. The molecule has 0 atom stereocenters. The van der Waals surface area contributed by atoms with Crippen LogP contribution in [-0.2, 0) is 0 Å². The van der Waals surface area contributed by atoms with Crippen LogP contribution in [0.4, 0.5) is 11.8 Å². The lowest BCUT2D eigenvalue weighted by atomic mass is 10.1. The molecule has 1 fully saturated rings. The summed E-state index contributed by atoms with van der Waals surface area (Å²) in [6.07, 6.45) is 0. The SMILES string of the molecule is CCNc1cc(C)nc(N2CCN(C(=O)c3ccc(C(C)=O)cc3)CC2)n1. The number of aryl methyl sites for hydroxylation is 1. The van der Waals surface area contributed by atoms with Crippen LogP contribution in [0.1, 0.15) is 40.3 Å². The van der Waals surface area contributed by atoms with Gasteiger partial charge in [-0.2, -0.15) is 4.98 Å². The van der Waals surface area contributed by atoms with E-state index in [4.69, 9.17) is 0 Å². The molecule has 1 aromatic carbocycles. The van der Waals surface area contributed by atoms with E-state index in [1.165, 1.54) is 6.92 Å². The summed E-state index contributed by atoms with van der Waals surface area (Å²) in [6.45, 7) is 8.91. The Hall–Kier alpha value is -2.96. The molecular formula is C20H25N5O2. The maximum absolute atomic E-state index is 12.7. The standard InChI is InChI=1S/C20H25N5O2/c1-4-21-18-13-14(2)22-20(23-18)25-11-9-24(10-12-25)19(27)17-7-5-16(6-8-17)15(3)26/h5-8,13H,4,9-12H2,1-3H3,(H,21,22,23). The van der Waals surface area contributed by atoms with E-state index < -0.39 is 0 Å². The molecule has 0 spiro atoms. The van der Waals surface area contributed by atoms with Crippen LogP contribution in [0.15, 0.2) is 30.3 Å². The van der Waals surface area contributed by atoms with Crippen LogP contribution in [0, 0.1) is 6.92 Å². The van der Waals surface area contributed by atoms with Crippen molar-refractivity contribution in [2.75, 3.05) is 42.9 Å². The Morgan fingerprint density at radius 2 is 1.67 bits per heavy atom. The maximum Gasteiger partial charge on any atom is 0.253 e. The van der Waals surface area contributed by atoms with Crippen molar-refractivity contribution in [3.63, 3.8) is 0 Å². The molecule has 2 aromatic rings. The summed E-state index contributed by atoms with van der Waals surface area (Å²) in [6, 6.07) is 8.77. The quantitative estimate of drug-likeness (QED) is 0.818. The summed E-state index contributed by atoms with van der Waals surface area (Å²) in [5.41, 5.74) is 2.14. The number of Topliss-reactive ketones (excluding diaryl/α,β-unsaturated/α-hetero) is 1. The Morgan fingerprint density at radius 3 is 2.26 bits per heavy atom. The number of piperazine rings is 1. The van der Waals surface area contributed by atoms with Crippen molar-refractivity contribution in [1.29, 1.82) is 0 Å². The van der Waals surface area contributed by atoms with Crippen molar-refractivity contribution in [3.8, 4) is 0 Å². The lowest BCUT2D eigenvalue weighted by molar-refractivity contribution is 0.0745. The molecule has 142 valence electrons. The van der Waals surface area contributed by atoms with E-state index in [-0.39, 0.29) is 11.7 Å². The largest absolute Gasteiger partial charge is 0.370 e. The topological polar surface area (TPSA) is 78.4 Å². The monoisotopic (exact) mass is 367 g/mol. The Bertz CT molecular complexity index is 827. The first-order valence-corrected chi connectivity index (χ1v) is 9.22. The predicted octanol–water partition coefficient (Wildman–Crippen LogP) is 2.38. The van der Waals surface area contributed by atoms with Crippen molar-refractivity contribution < 1.29 is 9.59 Å². The van der Waals surface area contributed by atoms with Crippen LogP contribution in [0.3, 0.4) is 0 Å². The molecule has 1 N–H and O–H groups in total. The molecule has 1 aromatic heterocycles. The molecule has 1 saturated heterocycles. The van der Waals surface area contributed by atoms with Crippen LogP contribution in [0.2, 0.25) is 0 Å². The van der Waals surface area contributed by atoms with Crippen molar-refractivity contribution >= 4 is 23.5 Å². The van der Waals surface area contributed by atoms with E-state index in [1.54, 1.807) is 24.3 Å². The fourth-order valence-electron chi connectivity index (χ4n) is 3.11. The summed E-state index contributed by atoms with van der Waals surface area (Å²) in [4.78, 5) is 37.1. The minimum atomic E-state index is -0.0109. The number of carbonyl (C=O) groups is 2. The first-order chi connectivity index (χ1) is 13.0. The molecule has 27 heavy (non-hydrogen) atoms. The van der Waals surface area contributed by atoms with Gasteiger partial charge >= 0.3 is 0 Å². The zero-order valence-electron chi connectivity index (χ0n) is 16.0. The van der Waals surface area contributed by atoms with E-state index in [9.17, 15) is 9.59 Å². The van der Waals surface area contributed by atoms with Gasteiger partial charge in [-0.05, 0) is 32.9 Å². The number of carbonyl (C=O) groups excluding carboxylic acids is 2. The second kappa shape index (κ2) is 8.16. The highest BCUT2D eigenvalue weighted by Gasteiger charge is 2.24. The van der Waals surface area contributed by atoms with Gasteiger partial charge in [0, 0.05) is 55.6 Å². The van der Waals surface area contributed by atoms with Crippen molar-refractivity contribution in [1.82, 2.24) is 14.9 Å². The highest BCUT2D eigenvalue weighted by molar-refractivity contribution is 5.97. The summed E-state index contributed by atoms with van der Waals surface area (Å²) in [5.74, 6) is 1.51. The van der Waals surface area contributed by atoms with Crippen molar-refractivity contribution in [3.05, 3.63) is 47.2 Å². The van der Waals surface area contributed by atoms with E-state index >= 15 is 0 Å². The van der Waals surface area contributed by atoms with Gasteiger partial charge in [0.2, 0.25) is 5.95 Å². The molecule has 0 unspecified atom stereocenters. The average Bonchev–Trinajstić information content (AvgIpc) is 2.67. The third-order valence-electron chi connectivity index (χ3n) is 4.59. The maximum atomic E-state index is 12.7. The van der Waals surface area contributed by atoms with E-state index in [0.29, 0.717) is 43.3 Å². The van der Waals surface area contributed by atoms with Gasteiger partial charge in [0.15, 0.2) is 5.78 Å². The van der Waals surface area contributed by atoms with Gasteiger partial charge in [-0.25, -0.2) is 4.98 Å². The summed E-state index contributed by atoms with van der Waals surface area (Å²) in [7, 11) is 0. The summed E-state index contributed by atoms with van der Waals surface area (Å²) >= 11 is 0. The van der Waals surface area contributed by atoms with Crippen LogP contribution in [0.5, 0.6) is 0 Å². The van der Waals surface area contributed by atoms with Gasteiger partial charge in [-0.15, -0.1) is 0 Å². The van der Waals surface area contributed by atoms with Crippen LogP contribution in [0.25, 0.3) is 0 Å². The number of nitrogens with zero attached hydrogens (tertiary/aromatic N) is 4. The first-order valence-electron chi connectivity index (χ1n) is 9.22. The molecule has 1 aliphatic rings. The Morgan fingerprint density at radius 1 is 1.04 bits per heavy atom.